The van der Waals surface area contributed by atoms with Crippen molar-refractivity contribution in [1.29, 1.82) is 0 Å². The molecule has 0 atom stereocenters. The van der Waals surface area contributed by atoms with Gasteiger partial charge in [0.25, 0.3) is 11.6 Å². The molecule has 0 unspecified atom stereocenters. The van der Waals surface area contributed by atoms with Crippen molar-refractivity contribution in [2.45, 2.75) is 20.8 Å². The third kappa shape index (κ3) is 2.87. The third-order valence-electron chi connectivity index (χ3n) is 3.58. The maximum Gasteiger partial charge on any atom is 0.262 e. The van der Waals surface area contributed by atoms with E-state index < -0.39 is 0 Å². The fourth-order valence-electron chi connectivity index (χ4n) is 2.31. The van der Waals surface area contributed by atoms with Crippen LogP contribution in [0.2, 0.25) is 0 Å². The Morgan fingerprint density at radius 2 is 2.13 bits per heavy atom. The Labute approximate surface area is 132 Å². The van der Waals surface area contributed by atoms with Gasteiger partial charge in [0, 0.05) is 7.05 Å². The number of carbonyl (C=O) groups excluding carboxylic acids is 1. The molecule has 0 aliphatic rings. The quantitative estimate of drug-likeness (QED) is 0.790. The molecule has 1 amide bonds. The van der Waals surface area contributed by atoms with Crippen LogP contribution in [0.5, 0.6) is 5.75 Å². The number of hydrogen-bond acceptors (Lipinski definition) is 6. The van der Waals surface area contributed by atoms with Crippen molar-refractivity contribution in [1.82, 2.24) is 19.9 Å². The Morgan fingerprint density at radius 1 is 1.35 bits per heavy atom. The first-order valence-corrected chi connectivity index (χ1v) is 7.10. The summed E-state index contributed by atoms with van der Waals surface area (Å²) >= 11 is 0. The highest BCUT2D eigenvalue weighted by Crippen LogP contribution is 2.22. The highest BCUT2D eigenvalue weighted by molar-refractivity contribution is 5.93. The average Bonchev–Trinajstić information content (AvgIpc) is 2.99. The van der Waals surface area contributed by atoms with E-state index in [1.807, 2.05) is 27.8 Å². The molecule has 3 rings (SSSR count). The van der Waals surface area contributed by atoms with E-state index in [2.05, 4.69) is 20.6 Å². The maximum absolute atomic E-state index is 12.0. The van der Waals surface area contributed by atoms with Gasteiger partial charge >= 0.3 is 0 Å². The summed E-state index contributed by atoms with van der Waals surface area (Å²) < 4.78 is 12.3. The molecule has 0 aromatic carbocycles. The van der Waals surface area contributed by atoms with Crippen LogP contribution in [0.4, 0.5) is 5.69 Å². The SMILES string of the molecule is Cc1nn(C)c(C)c1OCC(=O)Nc1cnc2onc(C)c2c1. The summed E-state index contributed by atoms with van der Waals surface area (Å²) in [5.74, 6) is 0.356. The van der Waals surface area contributed by atoms with Gasteiger partial charge in [0.15, 0.2) is 12.4 Å². The van der Waals surface area contributed by atoms with E-state index in [0.717, 1.165) is 22.5 Å². The summed E-state index contributed by atoms with van der Waals surface area (Å²) in [5, 5.41) is 11.6. The summed E-state index contributed by atoms with van der Waals surface area (Å²) in [5.41, 5.74) is 3.36. The van der Waals surface area contributed by atoms with Crippen molar-refractivity contribution in [3.63, 3.8) is 0 Å². The lowest BCUT2D eigenvalue weighted by Gasteiger charge is -2.07. The van der Waals surface area contributed by atoms with Crippen LogP contribution in [0.3, 0.4) is 0 Å². The molecule has 8 nitrogen and oxygen atoms in total. The van der Waals surface area contributed by atoms with E-state index in [4.69, 9.17) is 9.26 Å². The van der Waals surface area contributed by atoms with Crippen molar-refractivity contribution < 1.29 is 14.1 Å². The molecule has 0 saturated heterocycles. The van der Waals surface area contributed by atoms with Crippen LogP contribution in [0.25, 0.3) is 11.1 Å². The first kappa shape index (κ1) is 15.0. The Balaban J connectivity index is 1.67. The molecule has 0 bridgehead atoms. The van der Waals surface area contributed by atoms with Crippen molar-refractivity contribution in [2.24, 2.45) is 7.05 Å². The predicted molar refractivity (Wildman–Crippen MR) is 83.3 cm³/mol. The average molecular weight is 315 g/mol. The highest BCUT2D eigenvalue weighted by atomic mass is 16.5. The lowest BCUT2D eigenvalue weighted by atomic mass is 10.2. The number of anilines is 1. The lowest BCUT2D eigenvalue weighted by Crippen LogP contribution is -2.20. The second-order valence-electron chi connectivity index (χ2n) is 5.31. The fraction of sp³-hybridized carbons (Fsp3) is 0.333. The van der Waals surface area contributed by atoms with Crippen LogP contribution >= 0.6 is 0 Å². The Morgan fingerprint density at radius 3 is 2.83 bits per heavy atom. The van der Waals surface area contributed by atoms with E-state index in [1.165, 1.54) is 6.20 Å². The van der Waals surface area contributed by atoms with Crippen LogP contribution in [0, 0.1) is 20.8 Å². The number of aryl methyl sites for hydroxylation is 3. The second kappa shape index (κ2) is 5.71. The first-order chi connectivity index (χ1) is 11.0. The van der Waals surface area contributed by atoms with Gasteiger partial charge in [0.05, 0.1) is 28.7 Å². The summed E-state index contributed by atoms with van der Waals surface area (Å²) in [6.45, 7) is 5.44. The number of fused-ring (bicyclic) bond motifs is 1. The minimum absolute atomic E-state index is 0.103. The smallest absolute Gasteiger partial charge is 0.262 e. The van der Waals surface area contributed by atoms with Crippen LogP contribution in [-0.4, -0.2) is 32.4 Å². The Hall–Kier alpha value is -2.90. The molecule has 3 aromatic rings. The third-order valence-corrected chi connectivity index (χ3v) is 3.58. The molecule has 1 N–H and O–H groups in total. The molecule has 3 heterocycles. The Kier molecular flexibility index (Phi) is 3.73. The van der Waals surface area contributed by atoms with Gasteiger partial charge in [-0.05, 0) is 26.8 Å². The molecule has 0 saturated carbocycles. The predicted octanol–water partition coefficient (Wildman–Crippen LogP) is 1.90. The summed E-state index contributed by atoms with van der Waals surface area (Å²) in [6.07, 6.45) is 1.52. The van der Waals surface area contributed by atoms with Crippen LogP contribution in [0.15, 0.2) is 16.8 Å². The van der Waals surface area contributed by atoms with E-state index in [1.54, 1.807) is 10.7 Å². The number of aromatic nitrogens is 4. The van der Waals surface area contributed by atoms with E-state index in [9.17, 15) is 4.79 Å². The molecule has 0 spiro atoms. The van der Waals surface area contributed by atoms with E-state index in [0.29, 0.717) is 17.2 Å². The minimum atomic E-state index is -0.275. The first-order valence-electron chi connectivity index (χ1n) is 7.10. The molecule has 0 aliphatic carbocycles. The number of carbonyl (C=O) groups is 1. The van der Waals surface area contributed by atoms with Gasteiger partial charge in [-0.3, -0.25) is 9.48 Å². The number of amides is 1. The van der Waals surface area contributed by atoms with Crippen LogP contribution in [-0.2, 0) is 11.8 Å². The standard InChI is InChI=1S/C15H17N5O3/c1-8-12-5-11(6-16-15(12)23-19-8)17-13(21)7-22-14-9(2)18-20(4)10(14)3/h5-6H,7H2,1-4H3,(H,17,21). The monoisotopic (exact) mass is 315 g/mol. The maximum atomic E-state index is 12.0. The molecule has 0 aliphatic heterocycles. The van der Waals surface area contributed by atoms with Crippen molar-refractivity contribution in [3.05, 3.63) is 29.3 Å². The zero-order valence-electron chi connectivity index (χ0n) is 13.4. The molecule has 8 heteroatoms. The van der Waals surface area contributed by atoms with Gasteiger partial charge in [0.2, 0.25) is 0 Å². The lowest BCUT2D eigenvalue weighted by molar-refractivity contribution is -0.118. The van der Waals surface area contributed by atoms with Crippen molar-refractivity contribution in [3.8, 4) is 5.75 Å². The molecular formula is C15H17N5O3. The molecule has 0 radical (unpaired) electrons. The summed E-state index contributed by atoms with van der Waals surface area (Å²) in [7, 11) is 1.83. The molecule has 3 aromatic heterocycles. The zero-order chi connectivity index (χ0) is 16.6. The fourth-order valence-corrected chi connectivity index (χ4v) is 2.31. The summed E-state index contributed by atoms with van der Waals surface area (Å²) in [6, 6.07) is 1.77. The van der Waals surface area contributed by atoms with Gasteiger partial charge < -0.3 is 14.6 Å². The van der Waals surface area contributed by atoms with E-state index >= 15 is 0 Å². The minimum Gasteiger partial charge on any atom is -0.480 e. The van der Waals surface area contributed by atoms with Gasteiger partial charge in [-0.1, -0.05) is 5.16 Å². The second-order valence-corrected chi connectivity index (χ2v) is 5.31. The molecule has 0 fully saturated rings. The van der Waals surface area contributed by atoms with Gasteiger partial charge in [0.1, 0.15) is 5.69 Å². The number of nitrogens with zero attached hydrogens (tertiary/aromatic N) is 4. The van der Waals surface area contributed by atoms with Crippen LogP contribution in [0.1, 0.15) is 17.1 Å². The number of rotatable bonds is 4. The number of ether oxygens (including phenoxy) is 1. The number of pyridine rings is 1. The van der Waals surface area contributed by atoms with Crippen LogP contribution < -0.4 is 10.1 Å². The largest absolute Gasteiger partial charge is 0.480 e. The zero-order valence-corrected chi connectivity index (χ0v) is 13.4. The molecule has 23 heavy (non-hydrogen) atoms. The van der Waals surface area contributed by atoms with E-state index in [-0.39, 0.29) is 12.5 Å². The van der Waals surface area contributed by atoms with Gasteiger partial charge in [-0.25, -0.2) is 4.98 Å². The topological polar surface area (TPSA) is 95.1 Å². The van der Waals surface area contributed by atoms with Crippen molar-refractivity contribution in [2.75, 3.05) is 11.9 Å². The van der Waals surface area contributed by atoms with Crippen molar-refractivity contribution >= 4 is 22.7 Å². The molecular weight excluding hydrogens is 298 g/mol. The highest BCUT2D eigenvalue weighted by Gasteiger charge is 2.13. The normalized spacial score (nSPS) is 11.0. The molecule has 120 valence electrons. The van der Waals surface area contributed by atoms with Gasteiger partial charge in [-0.2, -0.15) is 5.10 Å². The number of nitrogens with one attached hydrogen (secondary N) is 1. The van der Waals surface area contributed by atoms with Gasteiger partial charge in [-0.15, -0.1) is 0 Å². The number of hydrogen-bond donors (Lipinski definition) is 1. The summed E-state index contributed by atoms with van der Waals surface area (Å²) in [4.78, 5) is 16.2. The Bertz CT molecular complexity index is 881.